The van der Waals surface area contributed by atoms with E-state index in [1.165, 1.54) is 0 Å². The monoisotopic (exact) mass is 326 g/mol. The van der Waals surface area contributed by atoms with E-state index in [2.05, 4.69) is 10.1 Å². The summed E-state index contributed by atoms with van der Waals surface area (Å²) in [6.07, 6.45) is 3.74. The summed E-state index contributed by atoms with van der Waals surface area (Å²) in [5.74, 6) is -4.37. The van der Waals surface area contributed by atoms with E-state index in [0.717, 1.165) is 43.9 Å². The molecule has 8 heteroatoms. The second kappa shape index (κ2) is 7.66. The summed E-state index contributed by atoms with van der Waals surface area (Å²) in [5.41, 5.74) is -0.879. The van der Waals surface area contributed by atoms with Crippen molar-refractivity contribution >= 4 is 17.9 Å². The third-order valence-electron chi connectivity index (χ3n) is 3.44. The molecular weight excluding hydrogens is 310 g/mol. The molecule has 23 heavy (non-hydrogen) atoms. The summed E-state index contributed by atoms with van der Waals surface area (Å²) < 4.78 is 31.2. The van der Waals surface area contributed by atoms with Crippen LogP contribution in [-0.2, 0) is 9.53 Å². The lowest BCUT2D eigenvalue weighted by Crippen LogP contribution is -2.45. The zero-order valence-electron chi connectivity index (χ0n) is 12.2. The Morgan fingerprint density at radius 2 is 1.74 bits per heavy atom. The number of rotatable bonds is 4. The molecule has 0 unspecified atom stereocenters. The molecule has 1 fully saturated rings. The van der Waals surface area contributed by atoms with Gasteiger partial charge >= 0.3 is 12.0 Å². The Kier molecular flexibility index (Phi) is 5.61. The minimum atomic E-state index is -1.31. The molecule has 0 aliphatic heterocycles. The van der Waals surface area contributed by atoms with Crippen LogP contribution in [0.2, 0.25) is 0 Å². The second-order valence-corrected chi connectivity index (χ2v) is 5.18. The largest absolute Gasteiger partial charge is 0.452 e. The van der Waals surface area contributed by atoms with Gasteiger partial charge in [-0.3, -0.25) is 10.1 Å². The summed E-state index contributed by atoms with van der Waals surface area (Å²) in [4.78, 5) is 34.6. The summed E-state index contributed by atoms with van der Waals surface area (Å²) >= 11 is 0. The summed E-state index contributed by atoms with van der Waals surface area (Å²) in [7, 11) is 0. The van der Waals surface area contributed by atoms with Crippen LogP contribution >= 0.6 is 0 Å². The van der Waals surface area contributed by atoms with E-state index in [1.807, 2.05) is 5.32 Å². The van der Waals surface area contributed by atoms with Gasteiger partial charge in [-0.25, -0.2) is 18.4 Å². The molecule has 3 amide bonds. The first kappa shape index (κ1) is 16.9. The lowest BCUT2D eigenvalue weighted by molar-refractivity contribution is -0.123. The fraction of sp³-hybridized carbons (Fsp3) is 0.400. The van der Waals surface area contributed by atoms with Gasteiger partial charge in [0, 0.05) is 6.04 Å². The SMILES string of the molecule is O=C(COC(=O)c1c(F)cccc1F)NC(=O)NC1CCCC1. The van der Waals surface area contributed by atoms with E-state index in [9.17, 15) is 23.2 Å². The summed E-state index contributed by atoms with van der Waals surface area (Å²) in [6.45, 7) is -0.815. The standard InChI is InChI=1S/C15H16F2N2O4/c16-10-6-3-7-11(17)13(10)14(21)23-8-12(20)19-15(22)18-9-4-1-2-5-9/h3,6-7,9H,1-2,4-5,8H2,(H2,18,19,20,22). The van der Waals surface area contributed by atoms with E-state index in [4.69, 9.17) is 0 Å². The fourth-order valence-electron chi connectivity index (χ4n) is 2.35. The van der Waals surface area contributed by atoms with E-state index < -0.39 is 41.7 Å². The Morgan fingerprint density at radius 3 is 2.35 bits per heavy atom. The van der Waals surface area contributed by atoms with Crippen LogP contribution in [0.4, 0.5) is 13.6 Å². The van der Waals surface area contributed by atoms with Crippen LogP contribution in [-0.4, -0.2) is 30.6 Å². The highest BCUT2D eigenvalue weighted by atomic mass is 19.1. The number of urea groups is 1. The van der Waals surface area contributed by atoms with Gasteiger partial charge in [-0.15, -0.1) is 0 Å². The van der Waals surface area contributed by atoms with Crippen LogP contribution in [0.5, 0.6) is 0 Å². The number of imide groups is 1. The maximum Gasteiger partial charge on any atom is 0.344 e. The molecule has 1 aliphatic carbocycles. The molecule has 1 aromatic rings. The third-order valence-corrected chi connectivity index (χ3v) is 3.44. The van der Waals surface area contributed by atoms with Crippen LogP contribution in [0.25, 0.3) is 0 Å². The lowest BCUT2D eigenvalue weighted by Gasteiger charge is -2.12. The topological polar surface area (TPSA) is 84.5 Å². The zero-order chi connectivity index (χ0) is 16.8. The predicted molar refractivity (Wildman–Crippen MR) is 75.6 cm³/mol. The Hall–Kier alpha value is -2.51. The van der Waals surface area contributed by atoms with Crippen LogP contribution in [0.3, 0.4) is 0 Å². The molecule has 0 heterocycles. The third kappa shape index (κ3) is 4.73. The van der Waals surface area contributed by atoms with Gasteiger partial charge in [-0.1, -0.05) is 18.9 Å². The van der Waals surface area contributed by atoms with Crippen LogP contribution < -0.4 is 10.6 Å². The molecule has 0 spiro atoms. The number of hydrogen-bond acceptors (Lipinski definition) is 4. The van der Waals surface area contributed by atoms with Gasteiger partial charge in [0.2, 0.25) is 0 Å². The van der Waals surface area contributed by atoms with Gasteiger partial charge in [0.15, 0.2) is 6.61 Å². The number of amides is 3. The second-order valence-electron chi connectivity index (χ2n) is 5.18. The quantitative estimate of drug-likeness (QED) is 0.828. The summed E-state index contributed by atoms with van der Waals surface area (Å²) in [6, 6.07) is 2.23. The molecule has 1 aromatic carbocycles. The molecular formula is C15H16F2N2O4. The highest BCUT2D eigenvalue weighted by Gasteiger charge is 2.21. The summed E-state index contributed by atoms with van der Waals surface area (Å²) in [5, 5.41) is 4.61. The average molecular weight is 326 g/mol. The molecule has 2 rings (SSSR count). The van der Waals surface area contributed by atoms with Crippen molar-refractivity contribution in [3.63, 3.8) is 0 Å². The maximum atomic E-state index is 13.4. The number of ether oxygens (including phenoxy) is 1. The number of carbonyl (C=O) groups is 3. The molecule has 0 saturated heterocycles. The molecule has 0 atom stereocenters. The van der Waals surface area contributed by atoms with E-state index in [0.29, 0.717) is 0 Å². The van der Waals surface area contributed by atoms with Crippen molar-refractivity contribution in [2.24, 2.45) is 0 Å². The van der Waals surface area contributed by atoms with Crippen molar-refractivity contribution in [1.29, 1.82) is 0 Å². The highest BCUT2D eigenvalue weighted by Crippen LogP contribution is 2.17. The lowest BCUT2D eigenvalue weighted by atomic mass is 10.2. The molecule has 0 aromatic heterocycles. The Labute approximate surface area is 131 Å². The molecule has 1 aliphatic rings. The van der Waals surface area contributed by atoms with Crippen LogP contribution in [0, 0.1) is 11.6 Å². The minimum absolute atomic E-state index is 0.0258. The number of carbonyl (C=O) groups excluding carboxylic acids is 3. The highest BCUT2D eigenvalue weighted by molar-refractivity contribution is 5.97. The van der Waals surface area contributed by atoms with Crippen LogP contribution in [0.15, 0.2) is 18.2 Å². The molecule has 1 saturated carbocycles. The van der Waals surface area contributed by atoms with Crippen molar-refractivity contribution in [1.82, 2.24) is 10.6 Å². The van der Waals surface area contributed by atoms with Gasteiger partial charge < -0.3 is 10.1 Å². The molecule has 0 bridgehead atoms. The van der Waals surface area contributed by atoms with E-state index in [-0.39, 0.29) is 6.04 Å². The first-order valence-corrected chi connectivity index (χ1v) is 7.19. The van der Waals surface area contributed by atoms with E-state index >= 15 is 0 Å². The molecule has 6 nitrogen and oxygen atoms in total. The van der Waals surface area contributed by atoms with Gasteiger partial charge in [0.25, 0.3) is 5.91 Å². The number of hydrogen-bond donors (Lipinski definition) is 2. The van der Waals surface area contributed by atoms with E-state index in [1.54, 1.807) is 0 Å². The maximum absolute atomic E-state index is 13.4. The molecule has 124 valence electrons. The molecule has 2 N–H and O–H groups in total. The van der Waals surface area contributed by atoms with Crippen molar-refractivity contribution in [2.75, 3.05) is 6.61 Å². The van der Waals surface area contributed by atoms with Crippen molar-refractivity contribution < 1.29 is 27.9 Å². The van der Waals surface area contributed by atoms with Gasteiger partial charge in [-0.2, -0.15) is 0 Å². The van der Waals surface area contributed by atoms with Crippen molar-refractivity contribution in [2.45, 2.75) is 31.7 Å². The minimum Gasteiger partial charge on any atom is -0.452 e. The fourth-order valence-corrected chi connectivity index (χ4v) is 2.35. The first-order valence-electron chi connectivity index (χ1n) is 7.19. The number of esters is 1. The number of halogens is 2. The Morgan fingerprint density at radius 1 is 1.13 bits per heavy atom. The normalized spacial score (nSPS) is 14.3. The van der Waals surface area contributed by atoms with Crippen molar-refractivity contribution in [3.05, 3.63) is 35.4 Å². The van der Waals surface area contributed by atoms with Gasteiger partial charge in [-0.05, 0) is 25.0 Å². The molecule has 0 radical (unpaired) electrons. The van der Waals surface area contributed by atoms with Gasteiger partial charge in [0.1, 0.15) is 17.2 Å². The smallest absolute Gasteiger partial charge is 0.344 e. The van der Waals surface area contributed by atoms with Crippen molar-refractivity contribution in [3.8, 4) is 0 Å². The average Bonchev–Trinajstić information content (AvgIpc) is 2.97. The van der Waals surface area contributed by atoms with Crippen LogP contribution in [0.1, 0.15) is 36.0 Å². The Balaban J connectivity index is 1.79. The zero-order valence-corrected chi connectivity index (χ0v) is 12.2. The number of benzene rings is 1. The van der Waals surface area contributed by atoms with Gasteiger partial charge in [0.05, 0.1) is 0 Å². The Bertz CT molecular complexity index is 595. The predicted octanol–water partition coefficient (Wildman–Crippen LogP) is 1.89. The number of nitrogens with one attached hydrogen (secondary N) is 2. The first-order chi connectivity index (χ1) is 11.0.